The first-order valence-corrected chi connectivity index (χ1v) is 7.07. The Balaban J connectivity index is 2.02. The number of ether oxygens (including phenoxy) is 1. The Morgan fingerprint density at radius 1 is 1.59 bits per heavy atom. The maximum Gasteiger partial charge on any atom is 0.185 e. The van der Waals surface area contributed by atoms with E-state index in [1.807, 2.05) is 0 Å². The molecule has 2 N–H and O–H groups in total. The summed E-state index contributed by atoms with van der Waals surface area (Å²) in [6.45, 7) is 4.55. The number of nitrogens with two attached hydrogens (primary N) is 1. The fourth-order valence-corrected chi connectivity index (χ4v) is 3.14. The van der Waals surface area contributed by atoms with Crippen molar-refractivity contribution in [2.75, 3.05) is 25.1 Å². The van der Waals surface area contributed by atoms with Gasteiger partial charge in [-0.3, -0.25) is 0 Å². The van der Waals surface area contributed by atoms with Crippen molar-refractivity contribution < 1.29 is 4.74 Å². The van der Waals surface area contributed by atoms with Crippen molar-refractivity contribution in [3.8, 4) is 0 Å². The van der Waals surface area contributed by atoms with E-state index >= 15 is 0 Å². The van der Waals surface area contributed by atoms with Gasteiger partial charge in [0.15, 0.2) is 5.13 Å². The fraction of sp³-hybridized carbons (Fsp3) is 0.750. The van der Waals surface area contributed by atoms with E-state index < -0.39 is 0 Å². The number of likely N-dealkylation sites (N-methyl/N-ethyl adjacent to an activating group) is 1. The summed E-state index contributed by atoms with van der Waals surface area (Å²) in [4.78, 5) is 8.05. The molecule has 1 unspecified atom stereocenters. The molecular formula is C12H21N3OS. The molecule has 4 nitrogen and oxygen atoms in total. The van der Waals surface area contributed by atoms with Crippen LogP contribution in [0.4, 0.5) is 5.13 Å². The van der Waals surface area contributed by atoms with E-state index in [0.29, 0.717) is 12.6 Å². The third-order valence-corrected chi connectivity index (χ3v) is 4.35. The first-order valence-electron chi connectivity index (χ1n) is 6.26. The Morgan fingerprint density at radius 2 is 2.41 bits per heavy atom. The van der Waals surface area contributed by atoms with Gasteiger partial charge >= 0.3 is 0 Å². The standard InChI is InChI=1S/C12H21N3OS/c1-3-10-11(7-13)17-12(14-10)15(2)8-9-5-4-6-16-9/h9H,3-8,13H2,1-2H3. The van der Waals surface area contributed by atoms with Crippen LogP contribution in [0.3, 0.4) is 0 Å². The van der Waals surface area contributed by atoms with Crippen LogP contribution in [0.2, 0.25) is 0 Å². The summed E-state index contributed by atoms with van der Waals surface area (Å²) in [6.07, 6.45) is 3.68. The van der Waals surface area contributed by atoms with Crippen molar-refractivity contribution in [2.45, 2.75) is 38.8 Å². The molecule has 0 aliphatic carbocycles. The number of aryl methyl sites for hydroxylation is 1. The van der Waals surface area contributed by atoms with Crippen molar-refractivity contribution in [3.63, 3.8) is 0 Å². The van der Waals surface area contributed by atoms with Crippen LogP contribution in [0.1, 0.15) is 30.3 Å². The van der Waals surface area contributed by atoms with Gasteiger partial charge in [0.05, 0.1) is 11.8 Å². The molecule has 1 aliphatic heterocycles. The van der Waals surface area contributed by atoms with Gasteiger partial charge in [-0.15, -0.1) is 11.3 Å². The molecule has 2 heterocycles. The molecule has 17 heavy (non-hydrogen) atoms. The highest BCUT2D eigenvalue weighted by molar-refractivity contribution is 7.15. The fourth-order valence-electron chi connectivity index (χ4n) is 2.14. The van der Waals surface area contributed by atoms with Crippen LogP contribution in [0.25, 0.3) is 0 Å². The van der Waals surface area contributed by atoms with Gasteiger partial charge in [-0.2, -0.15) is 0 Å². The molecule has 0 amide bonds. The lowest BCUT2D eigenvalue weighted by molar-refractivity contribution is 0.116. The predicted octanol–water partition coefficient (Wildman–Crippen LogP) is 1.78. The first kappa shape index (κ1) is 12.8. The summed E-state index contributed by atoms with van der Waals surface area (Å²) in [5.41, 5.74) is 6.88. The van der Waals surface area contributed by atoms with Crippen molar-refractivity contribution in [1.29, 1.82) is 0 Å². The zero-order valence-electron chi connectivity index (χ0n) is 10.6. The summed E-state index contributed by atoms with van der Waals surface area (Å²) < 4.78 is 5.65. The summed E-state index contributed by atoms with van der Waals surface area (Å²) >= 11 is 1.71. The number of hydrogen-bond donors (Lipinski definition) is 1. The van der Waals surface area contributed by atoms with Crippen molar-refractivity contribution >= 4 is 16.5 Å². The molecule has 96 valence electrons. The van der Waals surface area contributed by atoms with E-state index in [9.17, 15) is 0 Å². The van der Waals surface area contributed by atoms with Gasteiger partial charge in [-0.1, -0.05) is 6.92 Å². The molecular weight excluding hydrogens is 234 g/mol. The number of rotatable bonds is 5. The lowest BCUT2D eigenvalue weighted by Gasteiger charge is -2.19. The number of thiazole rings is 1. The number of anilines is 1. The van der Waals surface area contributed by atoms with E-state index in [1.165, 1.54) is 17.7 Å². The van der Waals surface area contributed by atoms with Crippen LogP contribution >= 0.6 is 11.3 Å². The molecule has 1 aliphatic rings. The first-order chi connectivity index (χ1) is 8.24. The second kappa shape index (κ2) is 5.80. The molecule has 0 spiro atoms. The van der Waals surface area contributed by atoms with Crippen LogP contribution in [0.5, 0.6) is 0 Å². The minimum absolute atomic E-state index is 0.371. The normalized spacial score (nSPS) is 19.8. The minimum Gasteiger partial charge on any atom is -0.376 e. The Morgan fingerprint density at radius 3 is 2.94 bits per heavy atom. The molecule has 1 fully saturated rings. The third-order valence-electron chi connectivity index (χ3n) is 3.12. The average molecular weight is 255 g/mol. The summed E-state index contributed by atoms with van der Waals surface area (Å²) in [7, 11) is 2.08. The maximum atomic E-state index is 5.73. The quantitative estimate of drug-likeness (QED) is 0.871. The Labute approximate surface area is 107 Å². The molecule has 5 heteroatoms. The highest BCUT2D eigenvalue weighted by Crippen LogP contribution is 2.26. The topological polar surface area (TPSA) is 51.4 Å². The number of aromatic nitrogens is 1. The monoisotopic (exact) mass is 255 g/mol. The van der Waals surface area contributed by atoms with Gasteiger partial charge in [0.2, 0.25) is 0 Å². The summed E-state index contributed by atoms with van der Waals surface area (Å²) in [5.74, 6) is 0. The highest BCUT2D eigenvalue weighted by Gasteiger charge is 2.19. The molecule has 0 radical (unpaired) electrons. The van der Waals surface area contributed by atoms with Gasteiger partial charge in [0.1, 0.15) is 0 Å². The lowest BCUT2D eigenvalue weighted by atomic mass is 10.2. The smallest absolute Gasteiger partial charge is 0.185 e. The Hall–Kier alpha value is -0.650. The molecule has 1 atom stereocenters. The van der Waals surface area contributed by atoms with Crippen LogP contribution < -0.4 is 10.6 Å². The second-order valence-corrected chi connectivity index (χ2v) is 5.50. The van der Waals surface area contributed by atoms with Crippen LogP contribution in [0, 0.1) is 0 Å². The van der Waals surface area contributed by atoms with Crippen LogP contribution in [-0.2, 0) is 17.7 Å². The zero-order valence-corrected chi connectivity index (χ0v) is 11.4. The van der Waals surface area contributed by atoms with Gasteiger partial charge in [-0.05, 0) is 19.3 Å². The van der Waals surface area contributed by atoms with Crippen molar-refractivity contribution in [2.24, 2.45) is 5.73 Å². The molecule has 0 bridgehead atoms. The van der Waals surface area contributed by atoms with E-state index in [1.54, 1.807) is 11.3 Å². The van der Waals surface area contributed by atoms with Gasteiger partial charge in [0.25, 0.3) is 0 Å². The van der Waals surface area contributed by atoms with E-state index in [2.05, 4.69) is 23.9 Å². The van der Waals surface area contributed by atoms with E-state index in [4.69, 9.17) is 10.5 Å². The molecule has 2 rings (SSSR count). The molecule has 0 aromatic carbocycles. The van der Waals surface area contributed by atoms with E-state index in [-0.39, 0.29) is 0 Å². The third kappa shape index (κ3) is 2.97. The molecule has 1 saturated heterocycles. The molecule has 0 saturated carbocycles. The molecule has 1 aromatic heterocycles. The predicted molar refractivity (Wildman–Crippen MR) is 71.6 cm³/mol. The summed E-state index contributed by atoms with van der Waals surface area (Å²) in [6, 6.07) is 0. The second-order valence-electron chi connectivity index (χ2n) is 4.44. The minimum atomic E-state index is 0.371. The molecule has 1 aromatic rings. The highest BCUT2D eigenvalue weighted by atomic mass is 32.1. The van der Waals surface area contributed by atoms with Crippen LogP contribution in [0.15, 0.2) is 0 Å². The zero-order chi connectivity index (χ0) is 12.3. The SMILES string of the molecule is CCc1nc(N(C)CC2CCCO2)sc1CN. The number of nitrogens with zero attached hydrogens (tertiary/aromatic N) is 2. The Kier molecular flexibility index (Phi) is 4.36. The lowest BCUT2D eigenvalue weighted by Crippen LogP contribution is -2.28. The number of hydrogen-bond acceptors (Lipinski definition) is 5. The van der Waals surface area contributed by atoms with Gasteiger partial charge in [0, 0.05) is 31.6 Å². The van der Waals surface area contributed by atoms with E-state index in [0.717, 1.165) is 30.4 Å². The average Bonchev–Trinajstić information content (AvgIpc) is 2.96. The van der Waals surface area contributed by atoms with Gasteiger partial charge in [-0.25, -0.2) is 4.98 Å². The van der Waals surface area contributed by atoms with Gasteiger partial charge < -0.3 is 15.4 Å². The largest absolute Gasteiger partial charge is 0.376 e. The maximum absolute atomic E-state index is 5.73. The Bertz CT molecular complexity index is 339. The summed E-state index contributed by atoms with van der Waals surface area (Å²) in [5, 5.41) is 1.07. The van der Waals surface area contributed by atoms with Crippen molar-refractivity contribution in [1.82, 2.24) is 4.98 Å². The van der Waals surface area contributed by atoms with Crippen molar-refractivity contribution in [3.05, 3.63) is 10.6 Å². The van der Waals surface area contributed by atoms with Crippen LogP contribution in [-0.4, -0.2) is 31.3 Å².